The van der Waals surface area contributed by atoms with E-state index in [-0.39, 0.29) is 12.5 Å². The molecule has 0 fully saturated rings. The van der Waals surface area contributed by atoms with E-state index in [0.717, 1.165) is 0 Å². The first-order chi connectivity index (χ1) is 11.1. The van der Waals surface area contributed by atoms with Crippen LogP contribution in [-0.2, 0) is 0 Å². The van der Waals surface area contributed by atoms with Crippen LogP contribution in [0.2, 0.25) is 0 Å². The topological polar surface area (TPSA) is 71.5 Å². The third-order valence-corrected chi connectivity index (χ3v) is 3.88. The molecule has 23 heavy (non-hydrogen) atoms. The molecule has 1 heterocycles. The molecule has 5 heteroatoms. The summed E-state index contributed by atoms with van der Waals surface area (Å²) in [6.45, 7) is 4.05. The number of aliphatic hydroxyl groups is 1. The highest BCUT2D eigenvalue weighted by Gasteiger charge is 2.22. The van der Waals surface area contributed by atoms with Gasteiger partial charge in [0.15, 0.2) is 0 Å². The van der Waals surface area contributed by atoms with Crippen LogP contribution in [0.4, 0.5) is 0 Å². The number of benzene rings is 1. The summed E-state index contributed by atoms with van der Waals surface area (Å²) >= 11 is 0. The Balaban J connectivity index is 1.95. The number of pyridine rings is 1. The molecule has 0 saturated heterocycles. The zero-order chi connectivity index (χ0) is 16.7. The first-order valence-corrected chi connectivity index (χ1v) is 7.75. The van der Waals surface area contributed by atoms with E-state index in [0.29, 0.717) is 29.9 Å². The Bertz CT molecular complexity index is 622. The Kier molecular flexibility index (Phi) is 5.71. The lowest BCUT2D eigenvalue weighted by molar-refractivity contribution is 0.0314. The molecule has 0 aliphatic heterocycles. The molecule has 2 aromatic rings. The van der Waals surface area contributed by atoms with Gasteiger partial charge in [0.25, 0.3) is 5.91 Å². The maximum atomic E-state index is 12.1. The van der Waals surface area contributed by atoms with Crippen LogP contribution in [0, 0.1) is 0 Å². The van der Waals surface area contributed by atoms with Crippen molar-refractivity contribution in [3.05, 3.63) is 54.4 Å². The lowest BCUT2D eigenvalue weighted by atomic mass is 9.97. The van der Waals surface area contributed by atoms with Crippen LogP contribution in [0.25, 0.3) is 0 Å². The molecule has 0 spiro atoms. The molecule has 0 saturated carbocycles. The van der Waals surface area contributed by atoms with E-state index in [1.807, 2.05) is 19.9 Å². The van der Waals surface area contributed by atoms with Gasteiger partial charge in [0.05, 0.1) is 11.8 Å². The van der Waals surface area contributed by atoms with E-state index < -0.39 is 5.60 Å². The summed E-state index contributed by atoms with van der Waals surface area (Å²) in [4.78, 5) is 16.1. The summed E-state index contributed by atoms with van der Waals surface area (Å²) in [5.74, 6) is 1.06. The number of carbonyl (C=O) groups excluding carboxylic acids is 1. The number of rotatable bonds is 7. The maximum Gasteiger partial charge on any atom is 0.251 e. The summed E-state index contributed by atoms with van der Waals surface area (Å²) in [6, 6.07) is 10.4. The van der Waals surface area contributed by atoms with Crippen molar-refractivity contribution in [2.45, 2.75) is 32.3 Å². The molecule has 122 valence electrons. The predicted octanol–water partition coefficient (Wildman–Crippen LogP) is 3.15. The largest absolute Gasteiger partial charge is 0.456 e. The second-order valence-corrected chi connectivity index (χ2v) is 5.43. The monoisotopic (exact) mass is 314 g/mol. The molecule has 1 aromatic carbocycles. The molecular formula is C18H22N2O3. The van der Waals surface area contributed by atoms with Crippen molar-refractivity contribution < 1.29 is 14.6 Å². The Hall–Kier alpha value is -2.40. The van der Waals surface area contributed by atoms with Crippen LogP contribution in [0.5, 0.6) is 11.5 Å². The van der Waals surface area contributed by atoms with E-state index in [2.05, 4.69) is 10.3 Å². The van der Waals surface area contributed by atoms with E-state index in [1.165, 1.54) is 0 Å². The van der Waals surface area contributed by atoms with Gasteiger partial charge in [0.1, 0.15) is 11.5 Å². The fraction of sp³-hybridized carbons (Fsp3) is 0.333. The van der Waals surface area contributed by atoms with Crippen LogP contribution < -0.4 is 10.1 Å². The molecule has 2 rings (SSSR count). The third-order valence-electron chi connectivity index (χ3n) is 3.88. The van der Waals surface area contributed by atoms with Crippen molar-refractivity contribution in [2.75, 3.05) is 6.54 Å². The molecule has 0 bridgehead atoms. The normalized spacial score (nSPS) is 11.1. The van der Waals surface area contributed by atoms with Crippen molar-refractivity contribution >= 4 is 5.91 Å². The summed E-state index contributed by atoms with van der Waals surface area (Å²) in [5.41, 5.74) is -0.322. The number of hydrogen-bond acceptors (Lipinski definition) is 4. The molecule has 0 aliphatic carbocycles. The summed E-state index contributed by atoms with van der Waals surface area (Å²) in [7, 11) is 0. The van der Waals surface area contributed by atoms with Gasteiger partial charge < -0.3 is 15.2 Å². The van der Waals surface area contributed by atoms with Gasteiger partial charge in [-0.05, 0) is 49.2 Å². The maximum absolute atomic E-state index is 12.1. The van der Waals surface area contributed by atoms with Crippen LogP contribution in [-0.4, -0.2) is 28.1 Å². The predicted molar refractivity (Wildman–Crippen MR) is 88.6 cm³/mol. The molecule has 0 aliphatic rings. The third kappa shape index (κ3) is 4.79. The van der Waals surface area contributed by atoms with Gasteiger partial charge in [-0.15, -0.1) is 0 Å². The fourth-order valence-corrected chi connectivity index (χ4v) is 2.06. The minimum absolute atomic E-state index is 0.210. The van der Waals surface area contributed by atoms with E-state index in [1.54, 1.807) is 42.7 Å². The fourth-order valence-electron chi connectivity index (χ4n) is 2.06. The zero-order valence-electron chi connectivity index (χ0n) is 13.5. The summed E-state index contributed by atoms with van der Waals surface area (Å²) in [5, 5.41) is 13.0. The average molecular weight is 314 g/mol. The van der Waals surface area contributed by atoms with Gasteiger partial charge in [-0.25, -0.2) is 0 Å². The minimum atomic E-state index is -0.848. The van der Waals surface area contributed by atoms with E-state index in [4.69, 9.17) is 4.74 Å². The molecule has 0 atom stereocenters. The van der Waals surface area contributed by atoms with Crippen LogP contribution >= 0.6 is 0 Å². The van der Waals surface area contributed by atoms with E-state index in [9.17, 15) is 9.90 Å². The second-order valence-electron chi connectivity index (χ2n) is 5.43. The number of amides is 1. The Morgan fingerprint density at radius 3 is 2.43 bits per heavy atom. The highest BCUT2D eigenvalue weighted by Crippen LogP contribution is 2.20. The van der Waals surface area contributed by atoms with Gasteiger partial charge in [0.2, 0.25) is 0 Å². The average Bonchev–Trinajstić information content (AvgIpc) is 2.61. The standard InChI is InChI=1S/C18H22N2O3/c1-3-18(22,4-2)13-20-17(21)14-7-9-15(10-8-14)23-16-6-5-11-19-12-16/h5-12,22H,3-4,13H2,1-2H3,(H,20,21). The lowest BCUT2D eigenvalue weighted by Crippen LogP contribution is -2.42. The highest BCUT2D eigenvalue weighted by molar-refractivity contribution is 5.94. The molecule has 0 radical (unpaired) electrons. The van der Waals surface area contributed by atoms with Crippen LogP contribution in [0.1, 0.15) is 37.0 Å². The van der Waals surface area contributed by atoms with Crippen molar-refractivity contribution in [3.63, 3.8) is 0 Å². The number of hydrogen-bond donors (Lipinski definition) is 2. The second kappa shape index (κ2) is 7.74. The van der Waals surface area contributed by atoms with Crippen molar-refractivity contribution in [1.29, 1.82) is 0 Å². The van der Waals surface area contributed by atoms with Gasteiger partial charge >= 0.3 is 0 Å². The van der Waals surface area contributed by atoms with Crippen molar-refractivity contribution in [1.82, 2.24) is 10.3 Å². The molecule has 1 amide bonds. The Morgan fingerprint density at radius 1 is 1.17 bits per heavy atom. The smallest absolute Gasteiger partial charge is 0.251 e. The minimum Gasteiger partial charge on any atom is -0.456 e. The lowest BCUT2D eigenvalue weighted by Gasteiger charge is -2.25. The van der Waals surface area contributed by atoms with E-state index >= 15 is 0 Å². The zero-order valence-corrected chi connectivity index (χ0v) is 13.5. The first kappa shape index (κ1) is 17.0. The van der Waals surface area contributed by atoms with Gasteiger partial charge in [-0.1, -0.05) is 13.8 Å². The molecule has 5 nitrogen and oxygen atoms in total. The Morgan fingerprint density at radius 2 is 1.87 bits per heavy atom. The first-order valence-electron chi connectivity index (χ1n) is 7.75. The number of ether oxygens (including phenoxy) is 1. The SMILES string of the molecule is CCC(O)(CC)CNC(=O)c1ccc(Oc2cccnc2)cc1. The number of aromatic nitrogens is 1. The molecule has 2 N–H and O–H groups in total. The molecule has 1 aromatic heterocycles. The molecule has 0 unspecified atom stereocenters. The van der Waals surface area contributed by atoms with Gasteiger partial charge in [-0.3, -0.25) is 9.78 Å². The highest BCUT2D eigenvalue weighted by atomic mass is 16.5. The quantitative estimate of drug-likeness (QED) is 0.823. The summed E-state index contributed by atoms with van der Waals surface area (Å²) < 4.78 is 5.63. The van der Waals surface area contributed by atoms with Crippen molar-refractivity contribution in [3.8, 4) is 11.5 Å². The summed E-state index contributed by atoms with van der Waals surface area (Å²) in [6.07, 6.45) is 4.49. The number of nitrogens with one attached hydrogen (secondary N) is 1. The van der Waals surface area contributed by atoms with Crippen LogP contribution in [0.3, 0.4) is 0 Å². The number of nitrogens with zero attached hydrogens (tertiary/aromatic N) is 1. The van der Waals surface area contributed by atoms with Crippen molar-refractivity contribution in [2.24, 2.45) is 0 Å². The van der Waals surface area contributed by atoms with Gasteiger partial charge in [-0.2, -0.15) is 0 Å². The Labute approximate surface area is 136 Å². The number of carbonyl (C=O) groups is 1. The van der Waals surface area contributed by atoms with Gasteiger partial charge in [0, 0.05) is 18.3 Å². The van der Waals surface area contributed by atoms with Crippen LogP contribution in [0.15, 0.2) is 48.8 Å². The molecular weight excluding hydrogens is 292 g/mol.